The Labute approximate surface area is 252 Å². The molecule has 3 aliphatic rings. The van der Waals surface area contributed by atoms with Crippen LogP contribution in [0.15, 0.2) is 96.8 Å². The maximum absolute atomic E-state index is 13.7. The lowest BCUT2D eigenvalue weighted by Crippen LogP contribution is -2.24. The number of methoxy groups -OCH3 is 2. The maximum atomic E-state index is 13.7. The Kier molecular flexibility index (Phi) is 7.38. The molecule has 4 aromatic carbocycles. The normalized spacial score (nSPS) is 15.7. The molecule has 0 radical (unpaired) electrons. The van der Waals surface area contributed by atoms with Crippen molar-refractivity contribution in [2.24, 2.45) is 5.41 Å². The minimum atomic E-state index is -0.0485. The van der Waals surface area contributed by atoms with Gasteiger partial charge in [0.25, 0.3) is 0 Å². The third-order valence-corrected chi connectivity index (χ3v) is 8.56. The first-order valence-corrected chi connectivity index (χ1v) is 14.4. The van der Waals surface area contributed by atoms with Gasteiger partial charge in [-0.2, -0.15) is 5.26 Å². The lowest BCUT2D eigenvalue weighted by molar-refractivity contribution is 0.0985. The summed E-state index contributed by atoms with van der Waals surface area (Å²) in [7, 11) is 3.21. The number of ketones is 1. The van der Waals surface area contributed by atoms with Crippen LogP contribution in [0.1, 0.15) is 53.7 Å². The molecule has 4 aromatic rings. The van der Waals surface area contributed by atoms with Gasteiger partial charge in [0.05, 0.1) is 32.1 Å². The Balaban J connectivity index is 0.000000277. The van der Waals surface area contributed by atoms with Gasteiger partial charge in [0, 0.05) is 22.8 Å². The van der Waals surface area contributed by atoms with Crippen LogP contribution >= 0.6 is 0 Å². The number of benzene rings is 4. The first-order valence-electron chi connectivity index (χ1n) is 14.4. The first kappa shape index (κ1) is 28.1. The van der Waals surface area contributed by atoms with Gasteiger partial charge in [-0.05, 0) is 82.0 Å². The van der Waals surface area contributed by atoms with Gasteiger partial charge in [-0.3, -0.25) is 4.79 Å². The van der Waals surface area contributed by atoms with Gasteiger partial charge < -0.3 is 14.2 Å². The molecule has 0 saturated carbocycles. The zero-order valence-corrected chi connectivity index (χ0v) is 24.9. The van der Waals surface area contributed by atoms with E-state index in [1.54, 1.807) is 20.5 Å². The largest absolute Gasteiger partial charge is 0.493 e. The van der Waals surface area contributed by atoms with Crippen molar-refractivity contribution in [3.8, 4) is 34.4 Å². The first-order chi connectivity index (χ1) is 20.9. The van der Waals surface area contributed by atoms with E-state index in [-0.39, 0.29) is 11.2 Å². The van der Waals surface area contributed by atoms with E-state index in [0.29, 0.717) is 29.0 Å². The monoisotopic (exact) mass is 567 g/mol. The second-order valence-corrected chi connectivity index (χ2v) is 11.5. The molecule has 0 bridgehead atoms. The highest BCUT2D eigenvalue weighted by molar-refractivity contribution is 6.20. The topological polar surface area (TPSA) is 68.5 Å². The van der Waals surface area contributed by atoms with Crippen LogP contribution in [-0.2, 0) is 6.42 Å². The average Bonchev–Trinajstić information content (AvgIpc) is 3.04. The van der Waals surface area contributed by atoms with Gasteiger partial charge >= 0.3 is 0 Å². The van der Waals surface area contributed by atoms with E-state index in [4.69, 9.17) is 14.2 Å². The minimum absolute atomic E-state index is 0.0485. The van der Waals surface area contributed by atoms with Crippen LogP contribution < -0.4 is 14.2 Å². The molecule has 0 N–H and O–H groups in total. The SMILES string of the molecule is C1=COc2ccccc2C1.COc1ccc(-c2ccc(C#N)c3ccc4c(c23)C(=O)CC2=C4C=CCC2(C)C)cc1OC. The van der Waals surface area contributed by atoms with E-state index in [9.17, 15) is 10.1 Å². The number of carbonyl (C=O) groups is 1. The van der Waals surface area contributed by atoms with Gasteiger partial charge in [-0.15, -0.1) is 0 Å². The summed E-state index contributed by atoms with van der Waals surface area (Å²) in [4.78, 5) is 13.7. The van der Waals surface area contributed by atoms with Crippen LogP contribution in [0, 0.1) is 16.7 Å². The van der Waals surface area contributed by atoms with Crippen LogP contribution in [0.2, 0.25) is 0 Å². The van der Waals surface area contributed by atoms with E-state index in [1.807, 2.05) is 66.7 Å². The summed E-state index contributed by atoms with van der Waals surface area (Å²) in [5, 5.41) is 11.4. The molecule has 1 aliphatic heterocycles. The molecule has 0 atom stereocenters. The van der Waals surface area contributed by atoms with E-state index < -0.39 is 0 Å². The Morgan fingerprint density at radius 3 is 2.47 bits per heavy atom. The third kappa shape index (κ3) is 5.00. The molecule has 0 spiro atoms. The smallest absolute Gasteiger partial charge is 0.168 e. The summed E-state index contributed by atoms with van der Waals surface area (Å²) in [5.74, 6) is 2.35. The van der Waals surface area contributed by atoms with Crippen molar-refractivity contribution in [3.05, 3.63) is 119 Å². The lowest BCUT2D eigenvalue weighted by atomic mass is 9.68. The average molecular weight is 568 g/mol. The molecule has 7 rings (SSSR count). The number of Topliss-reactive ketones (excluding diaryl/α,β-unsaturated/α-hetero) is 1. The number of ether oxygens (including phenoxy) is 3. The lowest BCUT2D eigenvalue weighted by Gasteiger charge is -2.35. The van der Waals surface area contributed by atoms with Crippen molar-refractivity contribution in [2.45, 2.75) is 33.1 Å². The van der Waals surface area contributed by atoms with Crippen molar-refractivity contribution < 1.29 is 19.0 Å². The maximum Gasteiger partial charge on any atom is 0.168 e. The quantitative estimate of drug-likeness (QED) is 0.247. The molecule has 1 heterocycles. The fourth-order valence-electron chi connectivity index (χ4n) is 6.28. The van der Waals surface area contributed by atoms with E-state index >= 15 is 0 Å². The highest BCUT2D eigenvalue weighted by Gasteiger charge is 2.35. The van der Waals surface area contributed by atoms with Gasteiger partial charge in [0.1, 0.15) is 5.75 Å². The molecule has 43 heavy (non-hydrogen) atoms. The number of para-hydroxylation sites is 1. The van der Waals surface area contributed by atoms with Gasteiger partial charge in [-0.25, -0.2) is 0 Å². The third-order valence-electron chi connectivity index (χ3n) is 8.56. The molecule has 0 saturated heterocycles. The molecule has 2 aliphatic carbocycles. The zero-order valence-electron chi connectivity index (χ0n) is 24.9. The van der Waals surface area contributed by atoms with Crippen LogP contribution in [0.4, 0.5) is 0 Å². The molecular formula is C38H33NO4. The van der Waals surface area contributed by atoms with Crippen molar-refractivity contribution in [1.29, 1.82) is 5.26 Å². The number of hydrogen-bond donors (Lipinski definition) is 0. The predicted octanol–water partition coefficient (Wildman–Crippen LogP) is 8.86. The van der Waals surface area contributed by atoms with Crippen molar-refractivity contribution in [2.75, 3.05) is 14.2 Å². The summed E-state index contributed by atoms with van der Waals surface area (Å²) in [5.41, 5.74) is 7.59. The molecule has 0 unspecified atom stereocenters. The number of rotatable bonds is 3. The number of carbonyl (C=O) groups excluding carboxylic acids is 1. The molecular weight excluding hydrogens is 534 g/mol. The molecule has 0 aromatic heterocycles. The number of nitriles is 1. The highest BCUT2D eigenvalue weighted by atomic mass is 16.5. The van der Waals surface area contributed by atoms with Crippen LogP contribution in [0.25, 0.3) is 27.5 Å². The Hall–Kier alpha value is -5.08. The van der Waals surface area contributed by atoms with Gasteiger partial charge in [0.2, 0.25) is 0 Å². The number of nitrogens with zero attached hydrogens (tertiary/aromatic N) is 1. The Bertz CT molecular complexity index is 1870. The summed E-state index contributed by atoms with van der Waals surface area (Å²) < 4.78 is 16.2. The fourth-order valence-corrected chi connectivity index (χ4v) is 6.28. The summed E-state index contributed by atoms with van der Waals surface area (Å²) in [6.45, 7) is 4.40. The zero-order chi connectivity index (χ0) is 30.1. The van der Waals surface area contributed by atoms with Crippen molar-refractivity contribution in [3.63, 3.8) is 0 Å². The molecule has 0 amide bonds. The second-order valence-electron chi connectivity index (χ2n) is 11.5. The Morgan fingerprint density at radius 2 is 1.70 bits per heavy atom. The molecule has 0 fully saturated rings. The van der Waals surface area contributed by atoms with E-state index in [1.165, 1.54) is 11.1 Å². The Morgan fingerprint density at radius 1 is 0.907 bits per heavy atom. The summed E-state index contributed by atoms with van der Waals surface area (Å²) in [6, 6.07) is 23.9. The summed E-state index contributed by atoms with van der Waals surface area (Å²) >= 11 is 0. The van der Waals surface area contributed by atoms with Crippen molar-refractivity contribution in [1.82, 2.24) is 0 Å². The van der Waals surface area contributed by atoms with E-state index in [0.717, 1.165) is 51.6 Å². The molecule has 5 heteroatoms. The molecule has 5 nitrogen and oxygen atoms in total. The second kappa shape index (κ2) is 11.3. The highest BCUT2D eigenvalue weighted by Crippen LogP contribution is 2.49. The van der Waals surface area contributed by atoms with Crippen molar-refractivity contribution >= 4 is 22.1 Å². The van der Waals surface area contributed by atoms with Gasteiger partial charge in [-0.1, -0.05) is 68.5 Å². The van der Waals surface area contributed by atoms with Crippen LogP contribution in [0.3, 0.4) is 0 Å². The predicted molar refractivity (Wildman–Crippen MR) is 171 cm³/mol. The van der Waals surface area contributed by atoms with Gasteiger partial charge in [0.15, 0.2) is 17.3 Å². The summed E-state index contributed by atoms with van der Waals surface area (Å²) in [6.07, 6.45) is 10.4. The molecule has 214 valence electrons. The number of allylic oxidation sites excluding steroid dienone is 5. The number of fused-ring (bicyclic) bond motifs is 5. The van der Waals surface area contributed by atoms with E-state index in [2.05, 4.69) is 38.1 Å². The van der Waals surface area contributed by atoms with Crippen LogP contribution in [-0.4, -0.2) is 20.0 Å². The van der Waals surface area contributed by atoms with Crippen LogP contribution in [0.5, 0.6) is 17.2 Å². The standard InChI is InChI=1S/C29H25NO3.C9H8O/c1-29(2)13-5-6-21-22-11-10-20-18(16-30)7-9-19(27(20)28(22)24(31)15-23(21)29)17-8-12-25(32-3)26(14-17)33-4;1-2-6-9-8(4-1)5-3-7-10-9/h5-12,14H,13,15H2,1-4H3;1-4,6-7H,5H2. The minimum Gasteiger partial charge on any atom is -0.493 e. The number of hydrogen-bond acceptors (Lipinski definition) is 5. The fraction of sp³-hybridized carbons (Fsp3) is 0.211.